The Morgan fingerprint density at radius 2 is 2.11 bits per heavy atom. The fourth-order valence-corrected chi connectivity index (χ4v) is 2.63. The van der Waals surface area contributed by atoms with E-state index >= 15 is 0 Å². The number of rotatable bonds is 4. The summed E-state index contributed by atoms with van der Waals surface area (Å²) >= 11 is 3.47. The lowest BCUT2D eigenvalue weighted by Crippen LogP contribution is -1.99. The molecule has 0 spiro atoms. The summed E-state index contributed by atoms with van der Waals surface area (Å²) in [5, 5.41) is 2.30. The van der Waals surface area contributed by atoms with Gasteiger partial charge in [-0.3, -0.25) is 0 Å². The average Bonchev–Trinajstić information content (AvgIpc) is 2.37. The second-order valence-electron chi connectivity index (χ2n) is 4.35. The molecule has 0 aromatic heterocycles. The molecular weight excluding hydrogens is 292 g/mol. The van der Waals surface area contributed by atoms with Crippen molar-refractivity contribution in [2.45, 2.75) is 19.3 Å². The number of hydrogen-bond acceptors (Lipinski definition) is 2. The van der Waals surface area contributed by atoms with Crippen LogP contribution in [0.25, 0.3) is 10.8 Å². The fraction of sp³-hybridized carbons (Fsp3) is 0.267. The monoisotopic (exact) mass is 306 g/mol. The highest BCUT2D eigenvalue weighted by Crippen LogP contribution is 2.36. The number of fused-ring (bicyclic) bond motifs is 1. The molecule has 3 heteroatoms. The van der Waals surface area contributed by atoms with E-state index in [1.165, 1.54) is 0 Å². The van der Waals surface area contributed by atoms with Gasteiger partial charge in [-0.1, -0.05) is 35.0 Å². The molecule has 18 heavy (non-hydrogen) atoms. The number of methoxy groups -OCH3 is 1. The summed E-state index contributed by atoms with van der Waals surface area (Å²) in [6.45, 7) is 2.05. The molecule has 0 saturated heterocycles. The van der Waals surface area contributed by atoms with Crippen molar-refractivity contribution in [1.29, 1.82) is 0 Å². The highest BCUT2D eigenvalue weighted by Gasteiger charge is 2.15. The van der Waals surface area contributed by atoms with Crippen molar-refractivity contribution in [1.82, 2.24) is 0 Å². The third-order valence-electron chi connectivity index (χ3n) is 3.15. The maximum Gasteiger partial charge on any atom is 0.122 e. The first-order valence-corrected chi connectivity index (χ1v) is 6.66. The van der Waals surface area contributed by atoms with Crippen molar-refractivity contribution in [3.8, 4) is 5.75 Å². The summed E-state index contributed by atoms with van der Waals surface area (Å²) in [6, 6.07) is 10.2. The molecular formula is C15H15BrO2. The second-order valence-corrected chi connectivity index (χ2v) is 5.27. The van der Waals surface area contributed by atoms with E-state index in [4.69, 9.17) is 4.74 Å². The van der Waals surface area contributed by atoms with E-state index in [2.05, 4.69) is 28.1 Å². The number of halogens is 1. The van der Waals surface area contributed by atoms with Crippen molar-refractivity contribution < 1.29 is 9.53 Å². The van der Waals surface area contributed by atoms with Gasteiger partial charge in [-0.15, -0.1) is 0 Å². The van der Waals surface area contributed by atoms with Gasteiger partial charge in [0.05, 0.1) is 7.11 Å². The lowest BCUT2D eigenvalue weighted by atomic mass is 9.92. The van der Waals surface area contributed by atoms with Crippen LogP contribution < -0.4 is 4.74 Å². The van der Waals surface area contributed by atoms with E-state index in [0.717, 1.165) is 32.8 Å². The van der Waals surface area contributed by atoms with Gasteiger partial charge in [0.1, 0.15) is 12.0 Å². The lowest BCUT2D eigenvalue weighted by molar-refractivity contribution is -0.108. The molecule has 2 aromatic rings. The Hall–Kier alpha value is -1.35. The predicted molar refractivity (Wildman–Crippen MR) is 77.3 cm³/mol. The Morgan fingerprint density at radius 1 is 1.33 bits per heavy atom. The van der Waals surface area contributed by atoms with Gasteiger partial charge >= 0.3 is 0 Å². The van der Waals surface area contributed by atoms with Crippen molar-refractivity contribution in [3.63, 3.8) is 0 Å². The zero-order valence-electron chi connectivity index (χ0n) is 10.4. The summed E-state index contributed by atoms with van der Waals surface area (Å²) < 4.78 is 6.47. The molecule has 0 N–H and O–H groups in total. The molecule has 0 aliphatic rings. The number of benzene rings is 2. The van der Waals surface area contributed by atoms with Gasteiger partial charge in [0.25, 0.3) is 0 Å². The SMILES string of the molecule is COc1ccc2cc(Br)ccc2c1C(C)CC=O. The largest absolute Gasteiger partial charge is 0.496 e. The molecule has 0 fully saturated rings. The predicted octanol–water partition coefficient (Wildman–Crippen LogP) is 4.30. The normalized spacial score (nSPS) is 12.4. The van der Waals surface area contributed by atoms with Crippen molar-refractivity contribution in [2.75, 3.05) is 7.11 Å². The molecule has 2 nitrogen and oxygen atoms in total. The zero-order valence-corrected chi connectivity index (χ0v) is 12.0. The number of carbonyl (C=O) groups excluding carboxylic acids is 1. The first kappa shape index (κ1) is 13.1. The minimum atomic E-state index is 0.155. The van der Waals surface area contributed by atoms with E-state index in [1.54, 1.807) is 7.11 Å². The quantitative estimate of drug-likeness (QED) is 0.787. The Bertz CT molecular complexity index is 578. The third kappa shape index (κ3) is 2.41. The van der Waals surface area contributed by atoms with Crippen molar-refractivity contribution in [2.24, 2.45) is 0 Å². The van der Waals surface area contributed by atoms with E-state index in [0.29, 0.717) is 6.42 Å². The van der Waals surface area contributed by atoms with Gasteiger partial charge in [0, 0.05) is 16.5 Å². The molecule has 0 saturated carbocycles. The summed E-state index contributed by atoms with van der Waals surface area (Å²) in [5.74, 6) is 1.00. The van der Waals surface area contributed by atoms with Gasteiger partial charge in [0.2, 0.25) is 0 Å². The Labute approximate surface area is 115 Å². The van der Waals surface area contributed by atoms with E-state index < -0.39 is 0 Å². The van der Waals surface area contributed by atoms with Crippen LogP contribution in [0, 0.1) is 0 Å². The molecule has 1 unspecified atom stereocenters. The first-order chi connectivity index (χ1) is 8.67. The highest BCUT2D eigenvalue weighted by atomic mass is 79.9. The third-order valence-corrected chi connectivity index (χ3v) is 3.64. The minimum Gasteiger partial charge on any atom is -0.496 e. The zero-order chi connectivity index (χ0) is 13.1. The van der Waals surface area contributed by atoms with Gasteiger partial charge in [-0.05, 0) is 34.9 Å². The van der Waals surface area contributed by atoms with Crippen LogP contribution in [0.4, 0.5) is 0 Å². The lowest BCUT2D eigenvalue weighted by Gasteiger charge is -2.16. The molecule has 0 heterocycles. The van der Waals surface area contributed by atoms with Crippen LogP contribution in [-0.4, -0.2) is 13.4 Å². The summed E-state index contributed by atoms with van der Waals surface area (Å²) in [7, 11) is 1.66. The highest BCUT2D eigenvalue weighted by molar-refractivity contribution is 9.10. The van der Waals surface area contributed by atoms with E-state index in [-0.39, 0.29) is 5.92 Å². The first-order valence-electron chi connectivity index (χ1n) is 5.87. The van der Waals surface area contributed by atoms with Gasteiger partial charge in [-0.2, -0.15) is 0 Å². The van der Waals surface area contributed by atoms with Gasteiger partial charge < -0.3 is 9.53 Å². The topological polar surface area (TPSA) is 26.3 Å². The molecule has 2 aromatic carbocycles. The maximum absolute atomic E-state index is 10.7. The van der Waals surface area contributed by atoms with Crippen LogP contribution in [0.5, 0.6) is 5.75 Å². The molecule has 0 aliphatic carbocycles. The summed E-state index contributed by atoms with van der Waals surface area (Å²) in [6.07, 6.45) is 1.47. The molecule has 0 amide bonds. The fourth-order valence-electron chi connectivity index (χ4n) is 2.25. The molecule has 0 bridgehead atoms. The van der Waals surface area contributed by atoms with Gasteiger partial charge in [-0.25, -0.2) is 0 Å². The standard InChI is InChI=1S/C15H15BrO2/c1-10(7-8-17)15-13-5-4-12(16)9-11(13)3-6-14(15)18-2/h3-6,8-10H,7H2,1-2H3. The molecule has 0 radical (unpaired) electrons. The van der Waals surface area contributed by atoms with E-state index in [9.17, 15) is 4.79 Å². The number of hydrogen-bond donors (Lipinski definition) is 0. The smallest absolute Gasteiger partial charge is 0.122 e. The maximum atomic E-state index is 10.7. The van der Waals surface area contributed by atoms with Crippen LogP contribution in [0.15, 0.2) is 34.8 Å². The second kappa shape index (κ2) is 5.53. The minimum absolute atomic E-state index is 0.155. The number of aldehydes is 1. The number of ether oxygens (including phenoxy) is 1. The molecule has 0 aliphatic heterocycles. The summed E-state index contributed by atoms with van der Waals surface area (Å²) in [5.41, 5.74) is 1.11. The van der Waals surface area contributed by atoms with Gasteiger partial charge in [0.15, 0.2) is 0 Å². The molecule has 94 valence electrons. The molecule has 2 rings (SSSR count). The average molecular weight is 307 g/mol. The Kier molecular flexibility index (Phi) is 4.02. The van der Waals surface area contributed by atoms with Crippen molar-refractivity contribution in [3.05, 3.63) is 40.4 Å². The van der Waals surface area contributed by atoms with E-state index in [1.807, 2.05) is 25.1 Å². The van der Waals surface area contributed by atoms with Crippen LogP contribution in [0.2, 0.25) is 0 Å². The van der Waals surface area contributed by atoms with Crippen molar-refractivity contribution >= 4 is 33.0 Å². The van der Waals surface area contributed by atoms with Crippen LogP contribution in [-0.2, 0) is 4.79 Å². The Morgan fingerprint density at radius 3 is 2.78 bits per heavy atom. The molecule has 1 atom stereocenters. The Balaban J connectivity index is 2.68. The van der Waals surface area contributed by atoms with Crippen LogP contribution >= 0.6 is 15.9 Å². The number of carbonyl (C=O) groups is 1. The van der Waals surface area contributed by atoms with Crippen LogP contribution in [0.3, 0.4) is 0 Å². The summed E-state index contributed by atoms with van der Waals surface area (Å²) in [4.78, 5) is 10.7. The van der Waals surface area contributed by atoms with Crippen LogP contribution in [0.1, 0.15) is 24.8 Å².